The second-order valence-electron chi connectivity index (χ2n) is 6.89. The highest BCUT2D eigenvalue weighted by Gasteiger charge is 2.37. The van der Waals surface area contributed by atoms with Crippen molar-refractivity contribution in [3.05, 3.63) is 24.3 Å². The molecule has 2 unspecified atom stereocenters. The molecule has 2 rings (SSSR count). The zero-order chi connectivity index (χ0) is 17.7. The zero-order valence-corrected chi connectivity index (χ0v) is 14.7. The van der Waals surface area contributed by atoms with Crippen molar-refractivity contribution in [3.63, 3.8) is 0 Å². The maximum Gasteiger partial charge on any atom is 0.259 e. The number of ether oxygens (including phenoxy) is 1. The first-order valence-corrected chi connectivity index (χ1v) is 8.32. The molecule has 0 saturated heterocycles. The number of nitrogens with one attached hydrogen (secondary N) is 1. The fourth-order valence-electron chi connectivity index (χ4n) is 2.93. The summed E-state index contributed by atoms with van der Waals surface area (Å²) in [5, 5.41) is 2.93. The van der Waals surface area contributed by atoms with Crippen LogP contribution < -0.4 is 15.8 Å². The number of benzene rings is 1. The first kappa shape index (κ1) is 18.3. The third kappa shape index (κ3) is 4.71. The molecule has 24 heavy (non-hydrogen) atoms. The number of carbonyl (C=O) groups is 2. The minimum absolute atomic E-state index is 0.00763. The van der Waals surface area contributed by atoms with Gasteiger partial charge in [0.05, 0.1) is 5.92 Å². The standard InChI is InChI=1S/C18H27N3O3/c1-18(19)11-5-4-6-15(18)17(23)20-13-7-9-14(10-8-13)24-12-16(22)21(2)3/h7-10,15H,4-6,11-12,19H2,1-3H3,(H,20,23). The second kappa shape index (κ2) is 7.66. The van der Waals surface area contributed by atoms with Crippen LogP contribution in [0.4, 0.5) is 5.69 Å². The Bertz CT molecular complexity index is 582. The van der Waals surface area contributed by atoms with Gasteiger partial charge in [-0.15, -0.1) is 0 Å². The lowest BCUT2D eigenvalue weighted by Gasteiger charge is -2.37. The Morgan fingerprint density at radius 2 is 1.96 bits per heavy atom. The van der Waals surface area contributed by atoms with Crippen LogP contribution in [0.1, 0.15) is 32.6 Å². The molecule has 1 aliphatic carbocycles. The van der Waals surface area contributed by atoms with Crippen molar-refractivity contribution in [1.82, 2.24) is 4.90 Å². The zero-order valence-electron chi connectivity index (χ0n) is 14.7. The van der Waals surface area contributed by atoms with Gasteiger partial charge in [0.15, 0.2) is 6.61 Å². The Labute approximate surface area is 143 Å². The van der Waals surface area contributed by atoms with Crippen LogP contribution in [0.15, 0.2) is 24.3 Å². The highest BCUT2D eigenvalue weighted by Crippen LogP contribution is 2.32. The van der Waals surface area contributed by atoms with E-state index in [1.807, 2.05) is 6.92 Å². The van der Waals surface area contributed by atoms with Crippen LogP contribution in [-0.4, -0.2) is 43.0 Å². The van der Waals surface area contributed by atoms with Crippen molar-refractivity contribution < 1.29 is 14.3 Å². The van der Waals surface area contributed by atoms with Crippen molar-refractivity contribution in [1.29, 1.82) is 0 Å². The Balaban J connectivity index is 1.91. The van der Waals surface area contributed by atoms with Crippen molar-refractivity contribution in [2.45, 2.75) is 38.1 Å². The lowest BCUT2D eigenvalue weighted by Crippen LogP contribution is -2.51. The highest BCUT2D eigenvalue weighted by atomic mass is 16.5. The monoisotopic (exact) mass is 333 g/mol. The molecule has 0 aliphatic heterocycles. The number of hydrogen-bond donors (Lipinski definition) is 2. The molecular formula is C18H27N3O3. The quantitative estimate of drug-likeness (QED) is 0.863. The third-order valence-electron chi connectivity index (χ3n) is 4.55. The van der Waals surface area contributed by atoms with Gasteiger partial charge >= 0.3 is 0 Å². The van der Waals surface area contributed by atoms with Crippen LogP contribution in [-0.2, 0) is 9.59 Å². The lowest BCUT2D eigenvalue weighted by atomic mass is 9.74. The minimum atomic E-state index is -0.447. The van der Waals surface area contributed by atoms with Crippen LogP contribution in [0.3, 0.4) is 0 Å². The molecule has 0 aromatic heterocycles. The number of nitrogens with zero attached hydrogens (tertiary/aromatic N) is 1. The Morgan fingerprint density at radius 3 is 2.54 bits per heavy atom. The number of nitrogens with two attached hydrogens (primary N) is 1. The predicted octanol–water partition coefficient (Wildman–Crippen LogP) is 2.00. The average Bonchev–Trinajstić information content (AvgIpc) is 2.53. The van der Waals surface area contributed by atoms with Crippen molar-refractivity contribution in [2.24, 2.45) is 11.7 Å². The second-order valence-corrected chi connectivity index (χ2v) is 6.89. The van der Waals surface area contributed by atoms with Crippen LogP contribution in [0.2, 0.25) is 0 Å². The van der Waals surface area contributed by atoms with E-state index in [9.17, 15) is 9.59 Å². The van der Waals surface area contributed by atoms with Gasteiger partial charge in [-0.25, -0.2) is 0 Å². The van der Waals surface area contributed by atoms with Crippen molar-refractivity contribution >= 4 is 17.5 Å². The highest BCUT2D eigenvalue weighted by molar-refractivity contribution is 5.93. The smallest absolute Gasteiger partial charge is 0.259 e. The van der Waals surface area contributed by atoms with E-state index in [1.165, 1.54) is 4.90 Å². The van der Waals surface area contributed by atoms with Crippen LogP contribution in [0, 0.1) is 5.92 Å². The molecule has 0 radical (unpaired) electrons. The maximum atomic E-state index is 12.5. The molecule has 2 amide bonds. The Kier molecular flexibility index (Phi) is 5.83. The molecule has 1 fully saturated rings. The number of likely N-dealkylation sites (N-methyl/N-ethyl adjacent to an activating group) is 1. The van der Waals surface area contributed by atoms with E-state index >= 15 is 0 Å². The van der Waals surface area contributed by atoms with Crippen molar-refractivity contribution in [2.75, 3.05) is 26.0 Å². The summed E-state index contributed by atoms with van der Waals surface area (Å²) in [6.07, 6.45) is 3.82. The molecule has 1 aromatic carbocycles. The topological polar surface area (TPSA) is 84.7 Å². The van der Waals surface area contributed by atoms with Gasteiger partial charge in [0.2, 0.25) is 5.91 Å². The van der Waals surface area contributed by atoms with E-state index < -0.39 is 5.54 Å². The average molecular weight is 333 g/mol. The van der Waals surface area contributed by atoms with Gasteiger partial charge in [-0.2, -0.15) is 0 Å². The summed E-state index contributed by atoms with van der Waals surface area (Å²) in [5.74, 6) is 0.285. The van der Waals surface area contributed by atoms with Gasteiger partial charge in [-0.3, -0.25) is 9.59 Å². The van der Waals surface area contributed by atoms with Gasteiger partial charge in [0.1, 0.15) is 5.75 Å². The molecule has 6 nitrogen and oxygen atoms in total. The summed E-state index contributed by atoms with van der Waals surface area (Å²) in [6, 6.07) is 7.01. The molecule has 1 aliphatic rings. The number of carbonyl (C=O) groups excluding carboxylic acids is 2. The summed E-state index contributed by atoms with van der Waals surface area (Å²) >= 11 is 0. The SMILES string of the molecule is CN(C)C(=O)COc1ccc(NC(=O)C2CCCCC2(C)N)cc1. The minimum Gasteiger partial charge on any atom is -0.484 e. The molecule has 1 saturated carbocycles. The largest absolute Gasteiger partial charge is 0.484 e. The number of hydrogen-bond acceptors (Lipinski definition) is 4. The van der Waals surface area contributed by atoms with Crippen LogP contribution in [0.25, 0.3) is 0 Å². The molecule has 0 heterocycles. The summed E-state index contributed by atoms with van der Waals surface area (Å²) < 4.78 is 5.41. The van der Waals surface area contributed by atoms with Gasteiger partial charge in [-0.05, 0) is 44.0 Å². The van der Waals surface area contributed by atoms with E-state index in [2.05, 4.69) is 5.32 Å². The van der Waals surface area contributed by atoms with Crippen molar-refractivity contribution in [3.8, 4) is 5.75 Å². The summed E-state index contributed by atoms with van der Waals surface area (Å²) in [5.41, 5.74) is 6.53. The maximum absolute atomic E-state index is 12.5. The number of anilines is 1. The Morgan fingerprint density at radius 1 is 1.29 bits per heavy atom. The van der Waals surface area contributed by atoms with Crippen LogP contribution >= 0.6 is 0 Å². The summed E-state index contributed by atoms with van der Waals surface area (Å²) in [4.78, 5) is 25.5. The molecule has 3 N–H and O–H groups in total. The first-order valence-electron chi connectivity index (χ1n) is 8.32. The molecule has 0 bridgehead atoms. The van der Waals surface area contributed by atoms with Gasteiger partial charge in [-0.1, -0.05) is 12.8 Å². The van der Waals surface area contributed by atoms with Gasteiger partial charge in [0.25, 0.3) is 5.91 Å². The fourth-order valence-corrected chi connectivity index (χ4v) is 2.93. The van der Waals surface area contributed by atoms with E-state index in [0.717, 1.165) is 25.7 Å². The van der Waals surface area contributed by atoms with E-state index in [-0.39, 0.29) is 24.3 Å². The lowest BCUT2D eigenvalue weighted by molar-refractivity contribution is -0.130. The molecular weight excluding hydrogens is 306 g/mol. The molecule has 6 heteroatoms. The van der Waals surface area contributed by atoms with Gasteiger partial charge < -0.3 is 20.7 Å². The predicted molar refractivity (Wildman–Crippen MR) is 93.8 cm³/mol. The Hall–Kier alpha value is -2.08. The first-order chi connectivity index (χ1) is 11.3. The fraction of sp³-hybridized carbons (Fsp3) is 0.556. The molecule has 132 valence electrons. The summed E-state index contributed by atoms with van der Waals surface area (Å²) in [7, 11) is 3.36. The normalized spacial score (nSPS) is 23.4. The van der Waals surface area contributed by atoms with E-state index in [0.29, 0.717) is 11.4 Å². The summed E-state index contributed by atoms with van der Waals surface area (Å²) in [6.45, 7) is 1.95. The van der Waals surface area contributed by atoms with E-state index in [4.69, 9.17) is 10.5 Å². The molecule has 1 aromatic rings. The third-order valence-corrected chi connectivity index (χ3v) is 4.55. The molecule has 2 atom stereocenters. The van der Waals surface area contributed by atoms with E-state index in [1.54, 1.807) is 38.4 Å². The number of rotatable bonds is 5. The molecule has 0 spiro atoms. The van der Waals surface area contributed by atoms with Gasteiger partial charge in [0, 0.05) is 25.3 Å². The number of amides is 2. The van der Waals surface area contributed by atoms with Crippen LogP contribution in [0.5, 0.6) is 5.75 Å².